The van der Waals surface area contributed by atoms with Crippen LogP contribution in [0.15, 0.2) is 131 Å². The molecular formula is C44H46Cl2O6. The Hall–Kier alpha value is -4.52. The molecule has 0 saturated heterocycles. The number of hydrogen-bond acceptors (Lipinski definition) is 6. The van der Waals surface area contributed by atoms with Crippen molar-refractivity contribution in [2.24, 2.45) is 34.5 Å². The Kier molecular flexibility index (Phi) is 12.6. The maximum absolute atomic E-state index is 12.5. The summed E-state index contributed by atoms with van der Waals surface area (Å²) in [7, 11) is 0. The van der Waals surface area contributed by atoms with Crippen molar-refractivity contribution in [1.82, 2.24) is 0 Å². The number of rotatable bonds is 12. The summed E-state index contributed by atoms with van der Waals surface area (Å²) in [4.78, 5) is 24.9. The van der Waals surface area contributed by atoms with Crippen LogP contribution in [0.2, 0.25) is 0 Å². The minimum absolute atomic E-state index is 0.00717. The topological polar surface area (TPSA) is 71.1 Å². The lowest BCUT2D eigenvalue weighted by Gasteiger charge is -2.09. The largest absolute Gasteiger partial charge is 0.461 e. The lowest BCUT2D eigenvalue weighted by molar-refractivity contribution is -0.148. The predicted octanol–water partition coefficient (Wildman–Crippen LogP) is 11.9. The number of esters is 2. The van der Waals surface area contributed by atoms with E-state index in [9.17, 15) is 9.59 Å². The first-order valence-electron chi connectivity index (χ1n) is 17.4. The van der Waals surface area contributed by atoms with Gasteiger partial charge in [-0.05, 0) is 102 Å². The van der Waals surface area contributed by atoms with E-state index in [1.165, 1.54) is 5.57 Å². The Bertz CT molecular complexity index is 1750. The Morgan fingerprint density at radius 3 is 1.35 bits per heavy atom. The molecule has 0 spiro atoms. The first-order valence-corrected chi connectivity index (χ1v) is 18.2. The Labute approximate surface area is 317 Å². The van der Waals surface area contributed by atoms with Crippen molar-refractivity contribution in [3.05, 3.63) is 143 Å². The summed E-state index contributed by atoms with van der Waals surface area (Å²) in [6, 6.07) is 34.3. The highest BCUT2D eigenvalue weighted by molar-refractivity contribution is 6.55. The summed E-state index contributed by atoms with van der Waals surface area (Å²) in [6.07, 6.45) is 3.89. The lowest BCUT2D eigenvalue weighted by atomic mass is 10.1. The van der Waals surface area contributed by atoms with Crippen LogP contribution >= 0.6 is 23.2 Å². The molecule has 272 valence electrons. The van der Waals surface area contributed by atoms with Crippen molar-refractivity contribution < 1.29 is 28.5 Å². The van der Waals surface area contributed by atoms with Gasteiger partial charge in [0.1, 0.15) is 40.7 Å². The number of allylic oxidation sites excluding steroid dienone is 3. The van der Waals surface area contributed by atoms with Crippen molar-refractivity contribution in [1.29, 1.82) is 0 Å². The van der Waals surface area contributed by atoms with Crippen LogP contribution in [0.3, 0.4) is 0 Å². The van der Waals surface area contributed by atoms with Gasteiger partial charge in [-0.1, -0.05) is 123 Å². The Morgan fingerprint density at radius 2 is 0.962 bits per heavy atom. The zero-order valence-electron chi connectivity index (χ0n) is 30.5. The van der Waals surface area contributed by atoms with Gasteiger partial charge in [0.2, 0.25) is 0 Å². The second kappa shape index (κ2) is 16.9. The summed E-state index contributed by atoms with van der Waals surface area (Å²) < 4.78 is 22.9. The van der Waals surface area contributed by atoms with Gasteiger partial charge in [0.25, 0.3) is 0 Å². The predicted molar refractivity (Wildman–Crippen MR) is 206 cm³/mol. The number of ether oxygens (including phenoxy) is 4. The fraction of sp³-hybridized carbons (Fsp3) is 0.318. The third kappa shape index (κ3) is 10.3. The van der Waals surface area contributed by atoms with E-state index in [-0.39, 0.29) is 64.1 Å². The molecule has 0 amide bonds. The fourth-order valence-corrected chi connectivity index (χ4v) is 6.78. The Morgan fingerprint density at radius 1 is 0.577 bits per heavy atom. The second-order valence-corrected chi connectivity index (χ2v) is 15.7. The van der Waals surface area contributed by atoms with Crippen LogP contribution < -0.4 is 9.47 Å². The van der Waals surface area contributed by atoms with Gasteiger partial charge in [-0.25, -0.2) is 0 Å². The first-order chi connectivity index (χ1) is 24.8. The summed E-state index contributed by atoms with van der Waals surface area (Å²) in [6.45, 7) is 12.8. The SMILES string of the molecule is CC(C)=CC1C(C(=O)OCc2cccc(Oc3ccccc3)c2)C1(C)C.CC1(C)C(C=C(Cl)Cl)C1C(=O)OCc1cccc(Oc2ccccc2)c1. The number of halogens is 2. The van der Waals surface area contributed by atoms with Crippen molar-refractivity contribution in [3.8, 4) is 23.0 Å². The standard InChI is InChI=1S/C23H26O3.C21H20Cl2O3/c1-16(2)13-20-21(23(20,3)4)22(24)25-15-17-9-8-12-19(14-17)26-18-10-6-5-7-11-18;1-21(2)17(12-18(22)23)19(21)20(24)25-13-14-7-6-10-16(11-14)26-15-8-4-3-5-9-15/h5-14,20-21H,15H2,1-4H3;3-12,17,19H,13H2,1-2H3. The average Bonchev–Trinajstić information content (AvgIpc) is 3.87. The average molecular weight is 742 g/mol. The monoisotopic (exact) mass is 740 g/mol. The van der Waals surface area contributed by atoms with Crippen LogP contribution in [-0.2, 0) is 32.3 Å². The number of carbonyl (C=O) groups excluding carboxylic acids is 2. The van der Waals surface area contributed by atoms with Crippen LogP contribution in [-0.4, -0.2) is 11.9 Å². The molecule has 2 saturated carbocycles. The normalized spacial score (nSPS) is 20.2. The molecule has 0 N–H and O–H groups in total. The molecule has 4 aromatic rings. The molecule has 2 fully saturated rings. The highest BCUT2D eigenvalue weighted by Gasteiger charge is 2.62. The van der Waals surface area contributed by atoms with E-state index in [4.69, 9.17) is 42.1 Å². The summed E-state index contributed by atoms with van der Waals surface area (Å²) in [5.41, 5.74) is 2.82. The van der Waals surface area contributed by atoms with E-state index in [2.05, 4.69) is 33.8 Å². The van der Waals surface area contributed by atoms with E-state index >= 15 is 0 Å². The van der Waals surface area contributed by atoms with E-state index in [0.717, 1.165) is 28.4 Å². The summed E-state index contributed by atoms with van der Waals surface area (Å²) >= 11 is 11.5. The molecule has 2 aliphatic rings. The number of para-hydroxylation sites is 2. The fourth-order valence-electron chi connectivity index (χ4n) is 6.51. The third-order valence-corrected chi connectivity index (χ3v) is 9.92. The van der Waals surface area contributed by atoms with Crippen molar-refractivity contribution >= 4 is 35.1 Å². The molecule has 4 aromatic carbocycles. The summed E-state index contributed by atoms with van der Waals surface area (Å²) in [5, 5.41) is 0. The Balaban J connectivity index is 0.000000201. The van der Waals surface area contributed by atoms with Crippen LogP contribution in [0, 0.1) is 34.5 Å². The van der Waals surface area contributed by atoms with Gasteiger partial charge in [0, 0.05) is 0 Å². The lowest BCUT2D eigenvalue weighted by Crippen LogP contribution is -2.10. The van der Waals surface area contributed by atoms with Gasteiger partial charge >= 0.3 is 11.9 Å². The molecule has 0 bridgehead atoms. The zero-order chi connectivity index (χ0) is 37.5. The molecule has 52 heavy (non-hydrogen) atoms. The second-order valence-electron chi connectivity index (χ2n) is 14.7. The molecule has 2 aliphatic carbocycles. The van der Waals surface area contributed by atoms with Crippen molar-refractivity contribution in [3.63, 3.8) is 0 Å². The first kappa shape index (κ1) is 38.7. The molecule has 6 rings (SSSR count). The van der Waals surface area contributed by atoms with Gasteiger partial charge < -0.3 is 18.9 Å². The van der Waals surface area contributed by atoms with Gasteiger partial charge in [-0.15, -0.1) is 0 Å². The molecular weight excluding hydrogens is 695 g/mol. The quantitative estimate of drug-likeness (QED) is 0.106. The van der Waals surface area contributed by atoms with Crippen molar-refractivity contribution in [2.75, 3.05) is 0 Å². The molecule has 0 radical (unpaired) electrons. The molecule has 0 aliphatic heterocycles. The third-order valence-electron chi connectivity index (χ3n) is 9.66. The van der Waals surface area contributed by atoms with Gasteiger partial charge in [0.15, 0.2) is 0 Å². The maximum atomic E-state index is 12.5. The molecule has 0 heterocycles. The van der Waals surface area contributed by atoms with Crippen LogP contribution in [0.25, 0.3) is 0 Å². The van der Waals surface area contributed by atoms with Crippen LogP contribution in [0.4, 0.5) is 0 Å². The molecule has 4 unspecified atom stereocenters. The van der Waals surface area contributed by atoms with Gasteiger partial charge in [0.05, 0.1) is 11.8 Å². The van der Waals surface area contributed by atoms with E-state index in [1.54, 1.807) is 6.08 Å². The number of carbonyl (C=O) groups is 2. The molecule has 8 heteroatoms. The zero-order valence-corrected chi connectivity index (χ0v) is 32.0. The van der Waals surface area contributed by atoms with E-state index < -0.39 is 0 Å². The van der Waals surface area contributed by atoms with Crippen molar-refractivity contribution in [2.45, 2.75) is 54.8 Å². The minimum atomic E-state index is -0.236. The smallest absolute Gasteiger partial charge is 0.310 e. The molecule has 4 atom stereocenters. The van der Waals surface area contributed by atoms with E-state index in [0.29, 0.717) is 5.75 Å². The maximum Gasteiger partial charge on any atom is 0.310 e. The highest BCUT2D eigenvalue weighted by Crippen LogP contribution is 2.61. The minimum Gasteiger partial charge on any atom is -0.461 e. The van der Waals surface area contributed by atoms with Crippen LogP contribution in [0.5, 0.6) is 23.0 Å². The highest BCUT2D eigenvalue weighted by atomic mass is 35.5. The van der Waals surface area contributed by atoms with Gasteiger partial charge in [-0.2, -0.15) is 0 Å². The van der Waals surface area contributed by atoms with E-state index in [1.807, 2.05) is 123 Å². The van der Waals surface area contributed by atoms with Gasteiger partial charge in [-0.3, -0.25) is 9.59 Å². The number of benzene rings is 4. The van der Waals surface area contributed by atoms with Crippen LogP contribution in [0.1, 0.15) is 52.7 Å². The number of hydrogen-bond donors (Lipinski definition) is 0. The summed E-state index contributed by atoms with van der Waals surface area (Å²) in [5.74, 6) is 2.62. The molecule has 0 aromatic heterocycles. The molecule has 6 nitrogen and oxygen atoms in total.